The average molecular weight is 422 g/mol. The van der Waals surface area contributed by atoms with Gasteiger partial charge >= 0.3 is 0 Å². The highest BCUT2D eigenvalue weighted by Crippen LogP contribution is 2.24. The monoisotopic (exact) mass is 420 g/mol. The molecule has 1 amide bonds. The summed E-state index contributed by atoms with van der Waals surface area (Å²) in [5.41, 5.74) is 1.18. The van der Waals surface area contributed by atoms with Crippen LogP contribution in [0.4, 0.5) is 5.69 Å². The van der Waals surface area contributed by atoms with Crippen molar-refractivity contribution in [1.82, 2.24) is 14.8 Å². The molecular formula is C17H14BrClN4O2. The third-order valence-electron chi connectivity index (χ3n) is 3.38. The number of carbonyl (C=O) groups excluding carboxylic acids is 1. The highest BCUT2D eigenvalue weighted by atomic mass is 79.9. The standard InChI is InChI=1S/C17H14BrClN4O2/c1-11(25-14-5-2-12(18)3-6-14)17(24)22-15-8-13(19)4-7-16(15)23-10-20-9-21-23/h2-11H,1H3,(H,22,24). The van der Waals surface area contributed by atoms with E-state index in [4.69, 9.17) is 16.3 Å². The van der Waals surface area contributed by atoms with E-state index in [0.29, 0.717) is 22.1 Å². The maximum atomic E-state index is 12.5. The molecule has 8 heteroatoms. The summed E-state index contributed by atoms with van der Waals surface area (Å²) in [5.74, 6) is 0.306. The third-order valence-corrected chi connectivity index (χ3v) is 4.14. The summed E-state index contributed by atoms with van der Waals surface area (Å²) >= 11 is 9.41. The van der Waals surface area contributed by atoms with E-state index in [1.165, 1.54) is 6.33 Å². The molecular weight excluding hydrogens is 408 g/mol. The Morgan fingerprint density at radius 2 is 2.04 bits per heavy atom. The van der Waals surface area contributed by atoms with Gasteiger partial charge in [-0.25, -0.2) is 9.67 Å². The molecule has 0 saturated heterocycles. The predicted octanol–water partition coefficient (Wildman–Crippen LogP) is 4.09. The van der Waals surface area contributed by atoms with Gasteiger partial charge in [-0.05, 0) is 49.4 Å². The number of nitrogens with zero attached hydrogens (tertiary/aromatic N) is 3. The Hall–Kier alpha value is -2.38. The van der Waals surface area contributed by atoms with Gasteiger partial charge in [-0.2, -0.15) is 5.10 Å². The number of hydrogen-bond donors (Lipinski definition) is 1. The second-order valence-corrected chi connectivity index (χ2v) is 6.56. The Bertz CT molecular complexity index is 869. The van der Waals surface area contributed by atoms with Crippen molar-refractivity contribution in [3.63, 3.8) is 0 Å². The van der Waals surface area contributed by atoms with Crippen LogP contribution in [0.25, 0.3) is 5.69 Å². The van der Waals surface area contributed by atoms with Crippen LogP contribution in [0, 0.1) is 0 Å². The van der Waals surface area contributed by atoms with Crippen LogP contribution in [-0.2, 0) is 4.79 Å². The number of nitrogens with one attached hydrogen (secondary N) is 1. The molecule has 2 aromatic carbocycles. The van der Waals surface area contributed by atoms with E-state index >= 15 is 0 Å². The van der Waals surface area contributed by atoms with Crippen molar-refractivity contribution in [3.8, 4) is 11.4 Å². The minimum atomic E-state index is -0.691. The Labute approximate surface area is 157 Å². The number of rotatable bonds is 5. The smallest absolute Gasteiger partial charge is 0.265 e. The van der Waals surface area contributed by atoms with Gasteiger partial charge in [0.05, 0.1) is 11.4 Å². The number of hydrogen-bond acceptors (Lipinski definition) is 4. The van der Waals surface area contributed by atoms with Crippen molar-refractivity contribution < 1.29 is 9.53 Å². The lowest BCUT2D eigenvalue weighted by molar-refractivity contribution is -0.122. The van der Waals surface area contributed by atoms with Crippen LogP contribution < -0.4 is 10.1 Å². The van der Waals surface area contributed by atoms with Gasteiger partial charge in [0.2, 0.25) is 0 Å². The number of amides is 1. The molecule has 0 fully saturated rings. The van der Waals surface area contributed by atoms with Gasteiger partial charge in [-0.15, -0.1) is 0 Å². The van der Waals surface area contributed by atoms with Crippen molar-refractivity contribution >= 4 is 39.1 Å². The first-order valence-electron chi connectivity index (χ1n) is 7.40. The summed E-state index contributed by atoms with van der Waals surface area (Å²) in [6.45, 7) is 1.68. The van der Waals surface area contributed by atoms with Crippen LogP contribution in [0.5, 0.6) is 5.75 Å². The van der Waals surface area contributed by atoms with Crippen LogP contribution in [0.1, 0.15) is 6.92 Å². The minimum Gasteiger partial charge on any atom is -0.481 e. The number of anilines is 1. The van der Waals surface area contributed by atoms with Crippen molar-refractivity contribution in [1.29, 1.82) is 0 Å². The predicted molar refractivity (Wildman–Crippen MR) is 99.2 cm³/mol. The average Bonchev–Trinajstić information content (AvgIpc) is 3.11. The number of halogens is 2. The fraction of sp³-hybridized carbons (Fsp3) is 0.118. The minimum absolute atomic E-state index is 0.299. The Morgan fingerprint density at radius 3 is 2.72 bits per heavy atom. The molecule has 1 aromatic heterocycles. The molecule has 128 valence electrons. The van der Waals surface area contributed by atoms with Crippen LogP contribution >= 0.6 is 27.5 Å². The van der Waals surface area contributed by atoms with Crippen molar-refractivity contribution in [2.75, 3.05) is 5.32 Å². The maximum Gasteiger partial charge on any atom is 0.265 e. The van der Waals surface area contributed by atoms with Gasteiger partial charge in [-0.1, -0.05) is 27.5 Å². The summed E-state index contributed by atoms with van der Waals surface area (Å²) in [7, 11) is 0. The largest absolute Gasteiger partial charge is 0.481 e. The van der Waals surface area contributed by atoms with E-state index in [0.717, 1.165) is 4.47 Å². The van der Waals surface area contributed by atoms with E-state index in [1.807, 2.05) is 12.1 Å². The zero-order valence-electron chi connectivity index (χ0n) is 13.2. The van der Waals surface area contributed by atoms with Crippen molar-refractivity contribution in [3.05, 3.63) is 64.6 Å². The number of carbonyl (C=O) groups is 1. The second kappa shape index (κ2) is 7.67. The second-order valence-electron chi connectivity index (χ2n) is 5.20. The summed E-state index contributed by atoms with van der Waals surface area (Å²) in [6.07, 6.45) is 2.27. The van der Waals surface area contributed by atoms with Gasteiger partial charge in [0, 0.05) is 9.50 Å². The Balaban J connectivity index is 1.76. The molecule has 3 rings (SSSR count). The zero-order valence-corrected chi connectivity index (χ0v) is 15.5. The third kappa shape index (κ3) is 4.37. The molecule has 6 nitrogen and oxygen atoms in total. The van der Waals surface area contributed by atoms with Gasteiger partial charge in [-0.3, -0.25) is 4.79 Å². The fourth-order valence-electron chi connectivity index (χ4n) is 2.15. The Morgan fingerprint density at radius 1 is 1.28 bits per heavy atom. The first-order valence-corrected chi connectivity index (χ1v) is 8.57. The molecule has 0 aliphatic rings. The molecule has 0 bridgehead atoms. The first kappa shape index (κ1) is 17.4. The van der Waals surface area contributed by atoms with Crippen LogP contribution in [0.3, 0.4) is 0 Å². The molecule has 0 saturated carbocycles. The number of benzene rings is 2. The molecule has 1 N–H and O–H groups in total. The zero-order chi connectivity index (χ0) is 17.8. The molecule has 25 heavy (non-hydrogen) atoms. The number of ether oxygens (including phenoxy) is 1. The SMILES string of the molecule is CC(Oc1ccc(Br)cc1)C(=O)Nc1cc(Cl)ccc1-n1cncn1. The molecule has 0 spiro atoms. The molecule has 1 heterocycles. The highest BCUT2D eigenvalue weighted by Gasteiger charge is 2.17. The molecule has 0 aliphatic carbocycles. The van der Waals surface area contributed by atoms with Crippen LogP contribution in [0.15, 0.2) is 59.6 Å². The molecule has 1 unspecified atom stereocenters. The van der Waals surface area contributed by atoms with Gasteiger partial charge in [0.25, 0.3) is 5.91 Å². The quantitative estimate of drug-likeness (QED) is 0.674. The van der Waals surface area contributed by atoms with E-state index in [-0.39, 0.29) is 5.91 Å². The molecule has 1 atom stereocenters. The number of aromatic nitrogens is 3. The fourth-order valence-corrected chi connectivity index (χ4v) is 2.58. The molecule has 3 aromatic rings. The van der Waals surface area contributed by atoms with Crippen molar-refractivity contribution in [2.24, 2.45) is 0 Å². The highest BCUT2D eigenvalue weighted by molar-refractivity contribution is 9.10. The van der Waals surface area contributed by atoms with E-state index in [1.54, 1.807) is 48.3 Å². The van der Waals surface area contributed by atoms with Gasteiger partial charge in [0.15, 0.2) is 6.10 Å². The van der Waals surface area contributed by atoms with Crippen LogP contribution in [0.2, 0.25) is 5.02 Å². The van der Waals surface area contributed by atoms with Gasteiger partial charge < -0.3 is 10.1 Å². The summed E-state index contributed by atoms with van der Waals surface area (Å²) in [5, 5.41) is 7.41. The van der Waals surface area contributed by atoms with E-state index in [9.17, 15) is 4.79 Å². The Kier molecular flexibility index (Phi) is 5.35. The van der Waals surface area contributed by atoms with Crippen LogP contribution in [-0.4, -0.2) is 26.8 Å². The summed E-state index contributed by atoms with van der Waals surface area (Å²) in [6, 6.07) is 12.4. The summed E-state index contributed by atoms with van der Waals surface area (Å²) in [4.78, 5) is 16.4. The van der Waals surface area contributed by atoms with E-state index < -0.39 is 6.10 Å². The topological polar surface area (TPSA) is 69.0 Å². The van der Waals surface area contributed by atoms with Crippen molar-refractivity contribution in [2.45, 2.75) is 13.0 Å². The van der Waals surface area contributed by atoms with E-state index in [2.05, 4.69) is 31.3 Å². The molecule has 0 radical (unpaired) electrons. The lowest BCUT2D eigenvalue weighted by Crippen LogP contribution is -2.30. The van der Waals surface area contributed by atoms with Gasteiger partial charge in [0.1, 0.15) is 18.4 Å². The maximum absolute atomic E-state index is 12.5. The normalized spacial score (nSPS) is 11.8. The molecule has 0 aliphatic heterocycles. The first-order chi connectivity index (χ1) is 12.0. The lowest BCUT2D eigenvalue weighted by Gasteiger charge is -2.16. The lowest BCUT2D eigenvalue weighted by atomic mass is 10.2. The summed E-state index contributed by atoms with van der Waals surface area (Å²) < 4.78 is 8.15.